The van der Waals surface area contributed by atoms with E-state index in [-0.39, 0.29) is 6.04 Å². The molecule has 1 aromatic carbocycles. The maximum Gasteiger partial charge on any atom is 0.416 e. The van der Waals surface area contributed by atoms with Crippen LogP contribution in [0.25, 0.3) is 0 Å². The average molecular weight is 300 g/mol. The fourth-order valence-electron chi connectivity index (χ4n) is 2.91. The number of benzene rings is 1. The Balaban J connectivity index is 2.01. The van der Waals surface area contributed by atoms with Gasteiger partial charge in [0.25, 0.3) is 0 Å². The van der Waals surface area contributed by atoms with Crippen molar-refractivity contribution >= 4 is 0 Å². The van der Waals surface area contributed by atoms with Crippen LogP contribution in [0.1, 0.15) is 43.9 Å². The second-order valence-electron chi connectivity index (χ2n) is 6.21. The van der Waals surface area contributed by atoms with Gasteiger partial charge in [0.1, 0.15) is 0 Å². The third kappa shape index (κ3) is 4.20. The number of nitrogens with two attached hydrogens (primary N) is 1. The highest BCUT2D eigenvalue weighted by Gasteiger charge is 2.30. The van der Waals surface area contributed by atoms with E-state index in [9.17, 15) is 13.2 Å². The summed E-state index contributed by atoms with van der Waals surface area (Å²) < 4.78 is 37.6. The van der Waals surface area contributed by atoms with Gasteiger partial charge in [0.05, 0.1) is 5.56 Å². The van der Waals surface area contributed by atoms with Crippen LogP contribution in [0.15, 0.2) is 24.3 Å². The van der Waals surface area contributed by atoms with Gasteiger partial charge in [-0.05, 0) is 43.4 Å². The van der Waals surface area contributed by atoms with E-state index in [2.05, 4.69) is 18.7 Å². The van der Waals surface area contributed by atoms with Gasteiger partial charge in [-0.25, -0.2) is 0 Å². The van der Waals surface area contributed by atoms with Gasteiger partial charge in [-0.3, -0.25) is 4.90 Å². The molecule has 3 unspecified atom stereocenters. The van der Waals surface area contributed by atoms with Gasteiger partial charge in [-0.15, -0.1) is 0 Å². The van der Waals surface area contributed by atoms with Crippen molar-refractivity contribution in [2.24, 2.45) is 11.7 Å². The fraction of sp³-hybridized carbons (Fsp3) is 0.625. The maximum atomic E-state index is 12.5. The largest absolute Gasteiger partial charge is 0.416 e. The predicted molar refractivity (Wildman–Crippen MR) is 77.8 cm³/mol. The van der Waals surface area contributed by atoms with E-state index in [1.165, 1.54) is 18.6 Å². The van der Waals surface area contributed by atoms with Gasteiger partial charge in [0.15, 0.2) is 0 Å². The van der Waals surface area contributed by atoms with E-state index in [4.69, 9.17) is 5.73 Å². The van der Waals surface area contributed by atoms with Crippen molar-refractivity contribution in [2.45, 2.75) is 44.9 Å². The molecule has 1 aliphatic heterocycles. The van der Waals surface area contributed by atoms with Crippen LogP contribution in [0.3, 0.4) is 0 Å². The van der Waals surface area contributed by atoms with Crippen molar-refractivity contribution in [3.05, 3.63) is 35.4 Å². The Labute approximate surface area is 124 Å². The molecule has 1 aromatic rings. The number of halogens is 3. The Morgan fingerprint density at radius 1 is 1.19 bits per heavy atom. The SMILES string of the molecule is CC1CCC(C)N(CC(N)c2ccc(C(F)(F)F)cc2)C1. The van der Waals surface area contributed by atoms with E-state index < -0.39 is 11.7 Å². The molecule has 5 heteroatoms. The first-order valence-corrected chi connectivity index (χ1v) is 7.44. The summed E-state index contributed by atoms with van der Waals surface area (Å²) in [5.74, 6) is 0.654. The first-order chi connectivity index (χ1) is 9.77. The Hall–Kier alpha value is -1.07. The molecule has 1 aliphatic rings. The molecule has 21 heavy (non-hydrogen) atoms. The molecular weight excluding hydrogens is 277 g/mol. The Bertz CT molecular complexity index is 456. The zero-order valence-corrected chi connectivity index (χ0v) is 12.5. The molecule has 1 fully saturated rings. The van der Waals surface area contributed by atoms with Crippen LogP contribution in [0.4, 0.5) is 13.2 Å². The summed E-state index contributed by atoms with van der Waals surface area (Å²) in [6.07, 6.45) is -1.91. The number of piperidine rings is 1. The Morgan fingerprint density at radius 3 is 2.38 bits per heavy atom. The normalized spacial score (nSPS) is 25.8. The minimum atomic E-state index is -4.29. The number of nitrogens with zero attached hydrogens (tertiary/aromatic N) is 1. The van der Waals surface area contributed by atoms with Crippen LogP contribution in [-0.4, -0.2) is 24.0 Å². The standard InChI is InChI=1S/C16H23F3N2/c1-11-3-4-12(2)21(9-11)10-15(20)13-5-7-14(8-6-13)16(17,18)19/h5-8,11-12,15H,3-4,9-10,20H2,1-2H3. The third-order valence-electron chi connectivity index (χ3n) is 4.34. The lowest BCUT2D eigenvalue weighted by Gasteiger charge is -2.38. The topological polar surface area (TPSA) is 29.3 Å². The highest BCUT2D eigenvalue weighted by atomic mass is 19.4. The summed E-state index contributed by atoms with van der Waals surface area (Å²) in [6.45, 7) is 6.11. The van der Waals surface area contributed by atoms with Crippen LogP contribution in [-0.2, 0) is 6.18 Å². The minimum Gasteiger partial charge on any atom is -0.323 e. The van der Waals surface area contributed by atoms with Crippen molar-refractivity contribution in [3.8, 4) is 0 Å². The number of alkyl halides is 3. The van der Waals surface area contributed by atoms with Crippen LogP contribution in [0.5, 0.6) is 0 Å². The molecule has 1 saturated heterocycles. The Kier molecular flexibility index (Phi) is 4.94. The molecule has 0 amide bonds. The molecule has 0 bridgehead atoms. The molecule has 0 spiro atoms. The van der Waals surface area contributed by atoms with E-state index in [1.54, 1.807) is 0 Å². The molecule has 0 radical (unpaired) electrons. The lowest BCUT2D eigenvalue weighted by molar-refractivity contribution is -0.137. The molecule has 1 heterocycles. The molecular formula is C16H23F3N2. The van der Waals surface area contributed by atoms with Gasteiger partial charge in [-0.1, -0.05) is 19.1 Å². The number of rotatable bonds is 3. The van der Waals surface area contributed by atoms with E-state index in [0.29, 0.717) is 18.5 Å². The van der Waals surface area contributed by atoms with Crippen molar-refractivity contribution in [1.29, 1.82) is 0 Å². The van der Waals surface area contributed by atoms with Crippen LogP contribution in [0, 0.1) is 5.92 Å². The highest BCUT2D eigenvalue weighted by Crippen LogP contribution is 2.30. The van der Waals surface area contributed by atoms with Crippen molar-refractivity contribution in [3.63, 3.8) is 0 Å². The molecule has 3 atom stereocenters. The molecule has 0 aromatic heterocycles. The van der Waals surface area contributed by atoms with Gasteiger partial charge in [0, 0.05) is 25.2 Å². The highest BCUT2D eigenvalue weighted by molar-refractivity contribution is 5.26. The monoisotopic (exact) mass is 300 g/mol. The van der Waals surface area contributed by atoms with Crippen molar-refractivity contribution in [1.82, 2.24) is 4.90 Å². The second-order valence-corrected chi connectivity index (χ2v) is 6.21. The van der Waals surface area contributed by atoms with Gasteiger partial charge in [-0.2, -0.15) is 13.2 Å². The average Bonchev–Trinajstić information content (AvgIpc) is 2.42. The number of hydrogen-bond donors (Lipinski definition) is 1. The lowest BCUT2D eigenvalue weighted by atomic mass is 9.94. The fourth-order valence-corrected chi connectivity index (χ4v) is 2.91. The molecule has 2 nitrogen and oxygen atoms in total. The summed E-state index contributed by atoms with van der Waals surface area (Å²) >= 11 is 0. The minimum absolute atomic E-state index is 0.250. The predicted octanol–water partition coefficient (Wildman–Crippen LogP) is 3.83. The van der Waals surface area contributed by atoms with Gasteiger partial charge in [0.2, 0.25) is 0 Å². The zero-order valence-electron chi connectivity index (χ0n) is 12.5. The van der Waals surface area contributed by atoms with Crippen molar-refractivity contribution in [2.75, 3.05) is 13.1 Å². The second kappa shape index (κ2) is 6.36. The van der Waals surface area contributed by atoms with E-state index in [1.807, 2.05) is 0 Å². The van der Waals surface area contributed by atoms with Crippen LogP contribution in [0.2, 0.25) is 0 Å². The third-order valence-corrected chi connectivity index (χ3v) is 4.34. The Morgan fingerprint density at radius 2 is 1.81 bits per heavy atom. The zero-order chi connectivity index (χ0) is 15.6. The van der Waals surface area contributed by atoms with E-state index in [0.717, 1.165) is 30.7 Å². The molecule has 2 N–H and O–H groups in total. The molecule has 118 valence electrons. The first kappa shape index (κ1) is 16.3. The summed E-state index contributed by atoms with van der Waals surface area (Å²) in [5.41, 5.74) is 6.30. The summed E-state index contributed by atoms with van der Waals surface area (Å²) in [4.78, 5) is 2.34. The first-order valence-electron chi connectivity index (χ1n) is 7.44. The van der Waals surface area contributed by atoms with Gasteiger partial charge >= 0.3 is 6.18 Å². The molecule has 2 rings (SSSR count). The number of likely N-dealkylation sites (tertiary alicyclic amines) is 1. The van der Waals surface area contributed by atoms with Crippen LogP contribution >= 0.6 is 0 Å². The summed E-state index contributed by atoms with van der Waals surface area (Å²) in [5, 5.41) is 0. The molecule has 0 aliphatic carbocycles. The number of hydrogen-bond acceptors (Lipinski definition) is 2. The summed E-state index contributed by atoms with van der Waals surface area (Å²) in [6, 6.07) is 5.44. The van der Waals surface area contributed by atoms with Crippen molar-refractivity contribution < 1.29 is 13.2 Å². The van der Waals surface area contributed by atoms with E-state index >= 15 is 0 Å². The molecule has 0 saturated carbocycles. The van der Waals surface area contributed by atoms with Crippen LogP contribution < -0.4 is 5.73 Å². The lowest BCUT2D eigenvalue weighted by Crippen LogP contribution is -2.44. The maximum absolute atomic E-state index is 12.5. The summed E-state index contributed by atoms with van der Waals surface area (Å²) in [7, 11) is 0. The smallest absolute Gasteiger partial charge is 0.323 e. The van der Waals surface area contributed by atoms with Gasteiger partial charge < -0.3 is 5.73 Å². The quantitative estimate of drug-likeness (QED) is 0.919.